The summed E-state index contributed by atoms with van der Waals surface area (Å²) >= 11 is 0. The first kappa shape index (κ1) is 20.0. The van der Waals surface area contributed by atoms with Crippen LogP contribution >= 0.6 is 0 Å². The third-order valence-electron chi connectivity index (χ3n) is 6.46. The van der Waals surface area contributed by atoms with Gasteiger partial charge in [0.1, 0.15) is 17.9 Å². The van der Waals surface area contributed by atoms with Gasteiger partial charge in [0.05, 0.1) is 12.2 Å². The Bertz CT molecular complexity index is 1330. The molecule has 0 spiro atoms. The number of benzene rings is 1. The summed E-state index contributed by atoms with van der Waals surface area (Å²) in [5.74, 6) is 1.26. The standard InChI is InChI=1S/C24H26N6O3/c1-15-12-25-9-10-29(15)18-3-2-4-20-17(18)11-21(33-20)19-13-26-22-6-8-24(28-30(19)22)32-14-16-5-7-23(31)27-16/h2-4,6,8,11,13,15-16,25H,5,7,9-10,12,14H2,1H3,(H,27,31)/t15-,16+/m0/s1. The van der Waals surface area contributed by atoms with E-state index in [-0.39, 0.29) is 11.9 Å². The molecule has 5 heterocycles. The van der Waals surface area contributed by atoms with Gasteiger partial charge in [-0.2, -0.15) is 0 Å². The molecular weight excluding hydrogens is 420 g/mol. The van der Waals surface area contributed by atoms with Gasteiger partial charge in [0.15, 0.2) is 11.4 Å². The molecule has 2 aliphatic heterocycles. The van der Waals surface area contributed by atoms with Crippen LogP contribution in [0.4, 0.5) is 5.69 Å². The molecule has 1 aromatic carbocycles. The number of rotatable bonds is 5. The van der Waals surface area contributed by atoms with Gasteiger partial charge >= 0.3 is 0 Å². The van der Waals surface area contributed by atoms with Crippen molar-refractivity contribution in [2.75, 3.05) is 31.1 Å². The molecule has 2 atom stereocenters. The van der Waals surface area contributed by atoms with E-state index in [0.717, 1.165) is 42.7 Å². The molecule has 4 aromatic rings. The number of carbonyl (C=O) groups excluding carboxylic acids is 1. The van der Waals surface area contributed by atoms with E-state index in [1.54, 1.807) is 16.8 Å². The number of piperazine rings is 1. The van der Waals surface area contributed by atoms with Crippen molar-refractivity contribution in [1.82, 2.24) is 25.2 Å². The zero-order chi connectivity index (χ0) is 22.4. The van der Waals surface area contributed by atoms with Crippen LogP contribution in [0, 0.1) is 0 Å². The van der Waals surface area contributed by atoms with Crippen molar-refractivity contribution >= 4 is 28.2 Å². The summed E-state index contributed by atoms with van der Waals surface area (Å²) in [4.78, 5) is 18.3. The highest BCUT2D eigenvalue weighted by Gasteiger charge is 2.23. The Morgan fingerprint density at radius 1 is 1.27 bits per heavy atom. The number of carbonyl (C=O) groups is 1. The minimum atomic E-state index is 0.0263. The first-order chi connectivity index (χ1) is 16.2. The van der Waals surface area contributed by atoms with Crippen molar-refractivity contribution in [3.05, 3.63) is 42.6 Å². The van der Waals surface area contributed by atoms with Crippen molar-refractivity contribution in [2.24, 2.45) is 0 Å². The molecule has 0 unspecified atom stereocenters. The van der Waals surface area contributed by atoms with E-state index in [2.05, 4.69) is 44.7 Å². The normalized spacial score (nSPS) is 21.1. The Balaban J connectivity index is 1.32. The number of fused-ring (bicyclic) bond motifs is 2. The lowest BCUT2D eigenvalue weighted by atomic mass is 10.1. The van der Waals surface area contributed by atoms with E-state index in [9.17, 15) is 4.79 Å². The maximum atomic E-state index is 11.4. The van der Waals surface area contributed by atoms with Crippen LogP contribution in [0.15, 0.2) is 47.0 Å². The molecule has 1 amide bonds. The van der Waals surface area contributed by atoms with Crippen molar-refractivity contribution in [3.63, 3.8) is 0 Å². The summed E-state index contributed by atoms with van der Waals surface area (Å²) in [6.45, 7) is 5.52. The Hall–Kier alpha value is -3.59. The van der Waals surface area contributed by atoms with Crippen LogP contribution in [-0.4, -0.2) is 58.8 Å². The number of ether oxygens (including phenoxy) is 1. The van der Waals surface area contributed by atoms with Crippen molar-refractivity contribution in [1.29, 1.82) is 0 Å². The molecule has 9 nitrogen and oxygen atoms in total. The lowest BCUT2D eigenvalue weighted by molar-refractivity contribution is -0.119. The lowest BCUT2D eigenvalue weighted by Crippen LogP contribution is -2.49. The fourth-order valence-corrected chi connectivity index (χ4v) is 4.71. The first-order valence-corrected chi connectivity index (χ1v) is 11.4. The van der Waals surface area contributed by atoms with Crippen LogP contribution in [-0.2, 0) is 4.79 Å². The van der Waals surface area contributed by atoms with E-state index in [0.29, 0.717) is 36.4 Å². The smallest absolute Gasteiger partial charge is 0.231 e. The van der Waals surface area contributed by atoms with E-state index in [1.165, 1.54) is 5.69 Å². The first-order valence-electron chi connectivity index (χ1n) is 11.4. The highest BCUT2D eigenvalue weighted by atomic mass is 16.5. The topological polar surface area (TPSA) is 96.9 Å². The molecule has 2 saturated heterocycles. The van der Waals surface area contributed by atoms with E-state index in [4.69, 9.17) is 9.15 Å². The largest absolute Gasteiger partial charge is 0.474 e. The molecule has 0 saturated carbocycles. The Kier molecular flexibility index (Phi) is 4.91. The maximum absolute atomic E-state index is 11.4. The number of hydrogen-bond acceptors (Lipinski definition) is 7. The van der Waals surface area contributed by atoms with Gasteiger partial charge in [0, 0.05) is 49.2 Å². The number of amides is 1. The number of hydrogen-bond donors (Lipinski definition) is 2. The van der Waals surface area contributed by atoms with Crippen LogP contribution in [0.25, 0.3) is 28.1 Å². The second-order valence-corrected chi connectivity index (χ2v) is 8.75. The molecule has 6 rings (SSSR count). The molecule has 2 aliphatic rings. The monoisotopic (exact) mass is 446 g/mol. The van der Waals surface area contributed by atoms with Crippen molar-refractivity contribution in [2.45, 2.75) is 31.8 Å². The Labute approximate surface area is 190 Å². The molecular formula is C24H26N6O3. The third kappa shape index (κ3) is 3.68. The minimum absolute atomic E-state index is 0.0263. The van der Waals surface area contributed by atoms with Gasteiger partial charge < -0.3 is 24.7 Å². The number of aromatic nitrogens is 3. The quantitative estimate of drug-likeness (QED) is 0.486. The van der Waals surface area contributed by atoms with Gasteiger partial charge in [-0.25, -0.2) is 9.50 Å². The van der Waals surface area contributed by atoms with Crippen molar-refractivity contribution in [3.8, 4) is 17.3 Å². The fourth-order valence-electron chi connectivity index (χ4n) is 4.71. The van der Waals surface area contributed by atoms with E-state index >= 15 is 0 Å². The lowest BCUT2D eigenvalue weighted by Gasteiger charge is -2.36. The van der Waals surface area contributed by atoms with Crippen LogP contribution in [0.3, 0.4) is 0 Å². The van der Waals surface area contributed by atoms with Crippen LogP contribution in [0.2, 0.25) is 0 Å². The number of nitrogens with zero attached hydrogens (tertiary/aromatic N) is 4. The number of nitrogens with one attached hydrogen (secondary N) is 2. The molecule has 3 aromatic heterocycles. The summed E-state index contributed by atoms with van der Waals surface area (Å²) in [6, 6.07) is 12.4. The molecule has 0 aliphatic carbocycles. The van der Waals surface area contributed by atoms with Gasteiger partial charge in [-0.05, 0) is 37.6 Å². The predicted octanol–water partition coefficient (Wildman–Crippen LogP) is 2.60. The molecule has 0 bridgehead atoms. The highest BCUT2D eigenvalue weighted by molar-refractivity contribution is 5.94. The highest BCUT2D eigenvalue weighted by Crippen LogP contribution is 2.35. The molecule has 0 radical (unpaired) electrons. The second-order valence-electron chi connectivity index (χ2n) is 8.75. The molecule has 170 valence electrons. The molecule has 2 N–H and O–H groups in total. The average Bonchev–Trinajstić information content (AvgIpc) is 3.55. The minimum Gasteiger partial charge on any atom is -0.474 e. The fraction of sp³-hybridized carbons (Fsp3) is 0.375. The predicted molar refractivity (Wildman–Crippen MR) is 125 cm³/mol. The zero-order valence-corrected chi connectivity index (χ0v) is 18.5. The molecule has 9 heteroatoms. The summed E-state index contributed by atoms with van der Waals surface area (Å²) in [5, 5.41) is 12.1. The number of furan rings is 1. The molecule has 33 heavy (non-hydrogen) atoms. The van der Waals surface area contributed by atoms with Gasteiger partial charge in [-0.1, -0.05) is 6.07 Å². The summed E-state index contributed by atoms with van der Waals surface area (Å²) in [6.07, 6.45) is 3.10. The SMILES string of the molecule is C[C@H]1CNCCN1c1cccc2oc(-c3cnc4ccc(OC[C@H]5CCC(=O)N5)nn34)cc12. The van der Waals surface area contributed by atoms with Gasteiger partial charge in [0.2, 0.25) is 11.8 Å². The van der Waals surface area contributed by atoms with E-state index < -0.39 is 0 Å². The summed E-state index contributed by atoms with van der Waals surface area (Å²) < 4.78 is 13.9. The van der Waals surface area contributed by atoms with Gasteiger partial charge in [-0.3, -0.25) is 4.79 Å². The third-order valence-corrected chi connectivity index (χ3v) is 6.46. The van der Waals surface area contributed by atoms with Crippen molar-refractivity contribution < 1.29 is 13.9 Å². The van der Waals surface area contributed by atoms with Crippen LogP contribution in [0.5, 0.6) is 5.88 Å². The second kappa shape index (κ2) is 8.08. The number of anilines is 1. The maximum Gasteiger partial charge on any atom is 0.231 e. The Morgan fingerprint density at radius 3 is 3.06 bits per heavy atom. The van der Waals surface area contributed by atoms with Gasteiger partial charge in [-0.15, -0.1) is 5.10 Å². The van der Waals surface area contributed by atoms with Crippen LogP contribution in [0.1, 0.15) is 19.8 Å². The van der Waals surface area contributed by atoms with Gasteiger partial charge in [0.25, 0.3) is 0 Å². The Morgan fingerprint density at radius 2 is 2.21 bits per heavy atom. The van der Waals surface area contributed by atoms with E-state index in [1.807, 2.05) is 18.2 Å². The number of imidazole rings is 1. The molecule has 2 fully saturated rings. The zero-order valence-electron chi connectivity index (χ0n) is 18.5. The average molecular weight is 447 g/mol. The van der Waals surface area contributed by atoms with Crippen LogP contribution < -0.4 is 20.3 Å². The summed E-state index contributed by atoms with van der Waals surface area (Å²) in [7, 11) is 0. The summed E-state index contributed by atoms with van der Waals surface area (Å²) in [5.41, 5.74) is 3.50.